The SMILES string of the molecule is CCSc1ncnc2c1c(-c1ccccc1)cn2-c1cccc(Cl)c1. The molecule has 0 spiro atoms. The number of hydrogen-bond donors (Lipinski definition) is 0. The van der Waals surface area contributed by atoms with Gasteiger partial charge in [-0.15, -0.1) is 11.8 Å². The van der Waals surface area contributed by atoms with Gasteiger partial charge >= 0.3 is 0 Å². The molecule has 2 aromatic heterocycles. The molecular formula is C20H16ClN3S. The summed E-state index contributed by atoms with van der Waals surface area (Å²) in [6.45, 7) is 2.13. The number of aromatic nitrogens is 3. The van der Waals surface area contributed by atoms with Gasteiger partial charge in [0.25, 0.3) is 0 Å². The summed E-state index contributed by atoms with van der Waals surface area (Å²) < 4.78 is 2.09. The number of thioether (sulfide) groups is 1. The minimum atomic E-state index is 0.706. The summed E-state index contributed by atoms with van der Waals surface area (Å²) in [5.74, 6) is 0.961. The van der Waals surface area contributed by atoms with Crippen LogP contribution in [0.4, 0.5) is 0 Å². The van der Waals surface area contributed by atoms with Crippen molar-refractivity contribution in [3.8, 4) is 16.8 Å². The zero-order valence-corrected chi connectivity index (χ0v) is 15.3. The van der Waals surface area contributed by atoms with Crippen LogP contribution in [0.5, 0.6) is 0 Å². The summed E-state index contributed by atoms with van der Waals surface area (Å²) in [5.41, 5.74) is 4.17. The molecule has 0 saturated carbocycles. The highest BCUT2D eigenvalue weighted by Crippen LogP contribution is 2.36. The lowest BCUT2D eigenvalue weighted by Gasteiger charge is -2.05. The third-order valence-electron chi connectivity index (χ3n) is 4.00. The van der Waals surface area contributed by atoms with Crippen LogP contribution < -0.4 is 0 Å². The highest BCUT2D eigenvalue weighted by molar-refractivity contribution is 7.99. The van der Waals surface area contributed by atoms with Crippen molar-refractivity contribution in [2.75, 3.05) is 5.75 Å². The van der Waals surface area contributed by atoms with Gasteiger partial charge in [0, 0.05) is 22.5 Å². The van der Waals surface area contributed by atoms with E-state index in [4.69, 9.17) is 11.6 Å². The Morgan fingerprint density at radius 1 is 1.04 bits per heavy atom. The Balaban J connectivity index is 2.04. The van der Waals surface area contributed by atoms with Crippen LogP contribution in [-0.4, -0.2) is 20.3 Å². The maximum absolute atomic E-state index is 6.20. The van der Waals surface area contributed by atoms with Gasteiger partial charge in [0.15, 0.2) is 0 Å². The zero-order chi connectivity index (χ0) is 17.2. The fourth-order valence-electron chi connectivity index (χ4n) is 2.94. The molecule has 5 heteroatoms. The van der Waals surface area contributed by atoms with E-state index in [2.05, 4.69) is 39.8 Å². The molecule has 124 valence electrons. The van der Waals surface area contributed by atoms with Gasteiger partial charge in [-0.2, -0.15) is 0 Å². The molecule has 0 atom stereocenters. The van der Waals surface area contributed by atoms with E-state index in [0.29, 0.717) is 5.02 Å². The highest BCUT2D eigenvalue weighted by atomic mass is 35.5. The van der Waals surface area contributed by atoms with Crippen LogP contribution >= 0.6 is 23.4 Å². The molecule has 0 fully saturated rings. The van der Waals surface area contributed by atoms with E-state index in [9.17, 15) is 0 Å². The van der Waals surface area contributed by atoms with Gasteiger partial charge in [0.1, 0.15) is 17.0 Å². The summed E-state index contributed by atoms with van der Waals surface area (Å²) in [5, 5.41) is 2.80. The topological polar surface area (TPSA) is 30.7 Å². The third-order valence-corrected chi connectivity index (χ3v) is 5.11. The fourth-order valence-corrected chi connectivity index (χ4v) is 3.86. The highest BCUT2D eigenvalue weighted by Gasteiger charge is 2.17. The maximum Gasteiger partial charge on any atom is 0.149 e. The van der Waals surface area contributed by atoms with Crippen molar-refractivity contribution in [1.82, 2.24) is 14.5 Å². The van der Waals surface area contributed by atoms with Crippen LogP contribution in [0, 0.1) is 0 Å². The number of halogens is 1. The molecule has 2 heterocycles. The normalized spacial score (nSPS) is 11.1. The van der Waals surface area contributed by atoms with Crippen molar-refractivity contribution in [1.29, 1.82) is 0 Å². The van der Waals surface area contributed by atoms with Crippen molar-refractivity contribution < 1.29 is 0 Å². The summed E-state index contributed by atoms with van der Waals surface area (Å²) >= 11 is 7.94. The molecule has 0 saturated heterocycles. The molecule has 2 aromatic carbocycles. The first kappa shape index (κ1) is 16.2. The average Bonchev–Trinajstić information content (AvgIpc) is 3.03. The third kappa shape index (κ3) is 3.03. The van der Waals surface area contributed by atoms with Gasteiger partial charge in [0.2, 0.25) is 0 Å². The lowest BCUT2D eigenvalue weighted by molar-refractivity contribution is 1.04. The molecule has 0 bridgehead atoms. The van der Waals surface area contributed by atoms with Crippen LogP contribution in [0.2, 0.25) is 5.02 Å². The molecule has 0 aliphatic carbocycles. The molecule has 25 heavy (non-hydrogen) atoms. The van der Waals surface area contributed by atoms with E-state index in [1.54, 1.807) is 18.1 Å². The molecule has 0 amide bonds. The Morgan fingerprint density at radius 2 is 1.88 bits per heavy atom. The number of benzene rings is 2. The van der Waals surface area contributed by atoms with E-state index in [1.807, 2.05) is 42.5 Å². The van der Waals surface area contributed by atoms with Gasteiger partial charge in [-0.3, -0.25) is 0 Å². The second-order valence-electron chi connectivity index (χ2n) is 5.57. The second kappa shape index (κ2) is 6.90. The summed E-state index contributed by atoms with van der Waals surface area (Å²) in [7, 11) is 0. The van der Waals surface area contributed by atoms with E-state index >= 15 is 0 Å². The van der Waals surface area contributed by atoms with E-state index in [0.717, 1.165) is 38.6 Å². The molecule has 4 aromatic rings. The Labute approximate surface area is 155 Å². The summed E-state index contributed by atoms with van der Waals surface area (Å²) in [4.78, 5) is 9.09. The Bertz CT molecular complexity index is 1030. The monoisotopic (exact) mass is 365 g/mol. The molecule has 0 unspecified atom stereocenters. The van der Waals surface area contributed by atoms with Crippen LogP contribution in [0.1, 0.15) is 6.92 Å². The molecule has 0 N–H and O–H groups in total. The molecule has 0 aliphatic rings. The van der Waals surface area contributed by atoms with Crippen molar-refractivity contribution >= 4 is 34.4 Å². The Morgan fingerprint density at radius 3 is 2.64 bits per heavy atom. The first-order valence-corrected chi connectivity index (χ1v) is 9.44. The quantitative estimate of drug-likeness (QED) is 0.335. The zero-order valence-electron chi connectivity index (χ0n) is 13.7. The smallest absolute Gasteiger partial charge is 0.149 e. The molecule has 4 rings (SSSR count). The summed E-state index contributed by atoms with van der Waals surface area (Å²) in [6.07, 6.45) is 3.76. The standard InChI is InChI=1S/C20H16ClN3S/c1-2-25-20-18-17(14-7-4-3-5-8-14)12-24(19(18)22-13-23-20)16-10-6-9-15(21)11-16/h3-13H,2H2,1H3. The largest absolute Gasteiger partial charge is 0.301 e. The summed E-state index contributed by atoms with van der Waals surface area (Å²) in [6, 6.07) is 18.2. The average molecular weight is 366 g/mol. The number of fused-ring (bicyclic) bond motifs is 1. The molecule has 3 nitrogen and oxygen atoms in total. The predicted molar refractivity (Wildman–Crippen MR) is 106 cm³/mol. The lowest BCUT2D eigenvalue weighted by Crippen LogP contribution is -1.94. The Hall–Kier alpha value is -2.30. The maximum atomic E-state index is 6.20. The van der Waals surface area contributed by atoms with E-state index in [-0.39, 0.29) is 0 Å². The lowest BCUT2D eigenvalue weighted by atomic mass is 10.1. The van der Waals surface area contributed by atoms with E-state index < -0.39 is 0 Å². The van der Waals surface area contributed by atoms with Crippen molar-refractivity contribution in [2.24, 2.45) is 0 Å². The van der Waals surface area contributed by atoms with Crippen molar-refractivity contribution in [3.05, 3.63) is 72.1 Å². The van der Waals surface area contributed by atoms with Gasteiger partial charge in [-0.05, 0) is 29.5 Å². The van der Waals surface area contributed by atoms with Gasteiger partial charge in [-0.25, -0.2) is 9.97 Å². The first-order chi connectivity index (χ1) is 12.3. The van der Waals surface area contributed by atoms with Crippen molar-refractivity contribution in [2.45, 2.75) is 11.9 Å². The minimum absolute atomic E-state index is 0.706. The molecular weight excluding hydrogens is 350 g/mol. The first-order valence-electron chi connectivity index (χ1n) is 8.08. The molecule has 0 aliphatic heterocycles. The van der Waals surface area contributed by atoms with E-state index in [1.165, 1.54) is 0 Å². The number of nitrogens with zero attached hydrogens (tertiary/aromatic N) is 3. The van der Waals surface area contributed by atoms with Crippen LogP contribution in [0.3, 0.4) is 0 Å². The fraction of sp³-hybridized carbons (Fsp3) is 0.100. The predicted octanol–water partition coefficient (Wildman–Crippen LogP) is 5.85. The number of rotatable bonds is 4. The molecule has 0 radical (unpaired) electrons. The Kier molecular flexibility index (Phi) is 4.47. The number of hydrogen-bond acceptors (Lipinski definition) is 3. The van der Waals surface area contributed by atoms with Crippen molar-refractivity contribution in [3.63, 3.8) is 0 Å². The van der Waals surface area contributed by atoms with Crippen LogP contribution in [-0.2, 0) is 0 Å². The van der Waals surface area contributed by atoms with Crippen LogP contribution in [0.15, 0.2) is 72.1 Å². The van der Waals surface area contributed by atoms with Crippen LogP contribution in [0.25, 0.3) is 27.8 Å². The van der Waals surface area contributed by atoms with Gasteiger partial charge < -0.3 is 4.57 Å². The minimum Gasteiger partial charge on any atom is -0.301 e. The second-order valence-corrected chi connectivity index (χ2v) is 7.26. The van der Waals surface area contributed by atoms with Gasteiger partial charge in [-0.1, -0.05) is 54.9 Å². The van der Waals surface area contributed by atoms with Gasteiger partial charge in [0.05, 0.1) is 5.39 Å².